The molecule has 20 heavy (non-hydrogen) atoms. The van der Waals surface area contributed by atoms with Gasteiger partial charge in [-0.15, -0.1) is 0 Å². The van der Waals surface area contributed by atoms with Gasteiger partial charge in [-0.2, -0.15) is 5.10 Å². The predicted octanol–water partition coefficient (Wildman–Crippen LogP) is 2.33. The highest BCUT2D eigenvalue weighted by Gasteiger charge is 2.08. The molecule has 6 heteroatoms. The minimum absolute atomic E-state index is 0.421. The molecule has 2 aromatic heterocycles. The Morgan fingerprint density at radius 1 is 1.25 bits per heavy atom. The van der Waals surface area contributed by atoms with Gasteiger partial charge in [-0.1, -0.05) is 0 Å². The lowest BCUT2D eigenvalue weighted by molar-refractivity contribution is 0.128. The van der Waals surface area contributed by atoms with Crippen LogP contribution in [0.5, 0.6) is 0 Å². The molecule has 0 saturated heterocycles. The van der Waals surface area contributed by atoms with Crippen LogP contribution in [0.15, 0.2) is 18.5 Å². The van der Waals surface area contributed by atoms with E-state index in [9.17, 15) is 0 Å². The molecule has 0 saturated carbocycles. The summed E-state index contributed by atoms with van der Waals surface area (Å²) in [5.74, 6) is 1.50. The first kappa shape index (κ1) is 14.5. The molecule has 0 aliphatic carbocycles. The van der Waals surface area contributed by atoms with E-state index < -0.39 is 0 Å². The Morgan fingerprint density at radius 2 is 2.10 bits per heavy atom. The summed E-state index contributed by atoms with van der Waals surface area (Å²) in [5.41, 5.74) is 1.86. The lowest BCUT2D eigenvalue weighted by Crippen LogP contribution is -2.06. The smallest absolute Gasteiger partial charge is 0.157 e. The highest BCUT2D eigenvalue weighted by Crippen LogP contribution is 2.19. The van der Waals surface area contributed by atoms with Gasteiger partial charge in [0.15, 0.2) is 5.82 Å². The quantitative estimate of drug-likeness (QED) is 0.840. The van der Waals surface area contributed by atoms with Crippen LogP contribution in [0.1, 0.15) is 26.6 Å². The second-order valence-corrected chi connectivity index (χ2v) is 4.31. The van der Waals surface area contributed by atoms with Crippen molar-refractivity contribution in [1.29, 1.82) is 0 Å². The van der Waals surface area contributed by atoms with Gasteiger partial charge in [-0.05, 0) is 20.8 Å². The van der Waals surface area contributed by atoms with E-state index in [0.717, 1.165) is 30.2 Å². The van der Waals surface area contributed by atoms with Crippen LogP contribution in [0.25, 0.3) is 11.3 Å². The molecule has 6 nitrogen and oxygen atoms in total. The summed E-state index contributed by atoms with van der Waals surface area (Å²) in [4.78, 5) is 8.98. The summed E-state index contributed by atoms with van der Waals surface area (Å²) < 4.78 is 7.28. The molecule has 0 aromatic carbocycles. The van der Waals surface area contributed by atoms with Crippen molar-refractivity contribution >= 4 is 5.82 Å². The lowest BCUT2D eigenvalue weighted by Gasteiger charge is -2.08. The Bertz CT molecular complexity index is 552. The monoisotopic (exact) mass is 275 g/mol. The molecule has 0 fully saturated rings. The minimum Gasteiger partial charge on any atom is -0.374 e. The van der Waals surface area contributed by atoms with Crippen molar-refractivity contribution in [3.05, 3.63) is 24.3 Å². The molecule has 2 heterocycles. The molecule has 0 aliphatic heterocycles. The van der Waals surface area contributed by atoms with Crippen molar-refractivity contribution in [3.8, 4) is 11.3 Å². The van der Waals surface area contributed by atoms with E-state index in [0.29, 0.717) is 19.0 Å². The zero-order valence-corrected chi connectivity index (χ0v) is 12.3. The average Bonchev–Trinajstić information content (AvgIpc) is 2.94. The number of aromatic nitrogens is 4. The van der Waals surface area contributed by atoms with Crippen molar-refractivity contribution in [2.24, 2.45) is 0 Å². The number of nitrogens with one attached hydrogen (secondary N) is 1. The van der Waals surface area contributed by atoms with Crippen LogP contribution >= 0.6 is 0 Å². The van der Waals surface area contributed by atoms with Crippen molar-refractivity contribution in [1.82, 2.24) is 19.7 Å². The largest absolute Gasteiger partial charge is 0.374 e. The Balaban J connectivity index is 2.32. The van der Waals surface area contributed by atoms with E-state index >= 15 is 0 Å². The molecule has 2 rings (SSSR count). The van der Waals surface area contributed by atoms with Gasteiger partial charge in [0.1, 0.15) is 12.4 Å². The van der Waals surface area contributed by atoms with Gasteiger partial charge in [0.2, 0.25) is 0 Å². The van der Waals surface area contributed by atoms with Gasteiger partial charge in [-0.25, -0.2) is 9.97 Å². The Morgan fingerprint density at radius 3 is 2.75 bits per heavy atom. The molecule has 2 aromatic rings. The van der Waals surface area contributed by atoms with Crippen molar-refractivity contribution in [3.63, 3.8) is 0 Å². The summed E-state index contributed by atoms with van der Waals surface area (Å²) in [6, 6.07) is 1.94. The van der Waals surface area contributed by atoms with E-state index in [1.54, 1.807) is 0 Å². The van der Waals surface area contributed by atoms with Crippen molar-refractivity contribution in [2.75, 3.05) is 18.5 Å². The number of anilines is 1. The highest BCUT2D eigenvalue weighted by molar-refractivity contribution is 5.60. The molecule has 0 unspecified atom stereocenters. The molecular formula is C14H21N5O. The van der Waals surface area contributed by atoms with Gasteiger partial charge in [0, 0.05) is 37.5 Å². The number of ether oxygens (including phenoxy) is 1. The number of hydrogen-bond donors (Lipinski definition) is 1. The number of nitrogens with zero attached hydrogens (tertiary/aromatic N) is 4. The molecular weight excluding hydrogens is 254 g/mol. The Labute approximate surface area is 119 Å². The van der Waals surface area contributed by atoms with Crippen LogP contribution in [0.3, 0.4) is 0 Å². The first-order valence-electron chi connectivity index (χ1n) is 6.99. The fourth-order valence-electron chi connectivity index (χ4n) is 1.84. The van der Waals surface area contributed by atoms with Crippen LogP contribution in [-0.4, -0.2) is 32.9 Å². The zero-order valence-electron chi connectivity index (χ0n) is 12.3. The van der Waals surface area contributed by atoms with Crippen molar-refractivity contribution < 1.29 is 4.74 Å². The maximum absolute atomic E-state index is 5.40. The Hall–Kier alpha value is -1.95. The maximum atomic E-state index is 5.40. The van der Waals surface area contributed by atoms with Crippen LogP contribution in [-0.2, 0) is 17.9 Å². The summed E-state index contributed by atoms with van der Waals surface area (Å²) >= 11 is 0. The third-order valence-electron chi connectivity index (χ3n) is 2.82. The second-order valence-electron chi connectivity index (χ2n) is 4.31. The molecule has 0 bridgehead atoms. The highest BCUT2D eigenvalue weighted by atomic mass is 16.5. The van der Waals surface area contributed by atoms with E-state index in [1.165, 1.54) is 0 Å². The lowest BCUT2D eigenvalue weighted by atomic mass is 10.2. The molecule has 0 atom stereocenters. The fraction of sp³-hybridized carbons (Fsp3) is 0.500. The minimum atomic E-state index is 0.421. The first-order chi connectivity index (χ1) is 9.76. The van der Waals surface area contributed by atoms with E-state index in [4.69, 9.17) is 4.74 Å². The second kappa shape index (κ2) is 7.00. The summed E-state index contributed by atoms with van der Waals surface area (Å²) in [7, 11) is 0. The van der Waals surface area contributed by atoms with Gasteiger partial charge < -0.3 is 10.1 Å². The van der Waals surface area contributed by atoms with Crippen LogP contribution in [0, 0.1) is 0 Å². The third kappa shape index (κ3) is 3.54. The van der Waals surface area contributed by atoms with Gasteiger partial charge in [0.25, 0.3) is 0 Å². The van der Waals surface area contributed by atoms with Gasteiger partial charge in [0.05, 0.1) is 11.9 Å². The van der Waals surface area contributed by atoms with Crippen LogP contribution in [0.2, 0.25) is 0 Å². The fourth-order valence-corrected chi connectivity index (χ4v) is 1.84. The molecule has 0 aliphatic rings. The number of hydrogen-bond acceptors (Lipinski definition) is 5. The molecule has 0 amide bonds. The summed E-state index contributed by atoms with van der Waals surface area (Å²) in [6.45, 7) is 8.79. The topological polar surface area (TPSA) is 64.9 Å². The predicted molar refractivity (Wildman–Crippen MR) is 78.4 cm³/mol. The van der Waals surface area contributed by atoms with Crippen molar-refractivity contribution in [2.45, 2.75) is 33.9 Å². The van der Waals surface area contributed by atoms with E-state index in [2.05, 4.69) is 27.3 Å². The standard InChI is InChI=1S/C14H21N5O/c1-4-15-13-7-12(11-8-16-19(5-2)9-11)17-14(18-13)10-20-6-3/h7-9H,4-6,10H2,1-3H3,(H,15,17,18). The zero-order chi connectivity index (χ0) is 14.4. The van der Waals surface area contributed by atoms with E-state index in [1.807, 2.05) is 37.0 Å². The number of rotatable bonds is 7. The SMILES string of the molecule is CCNc1cc(-c2cnn(CC)c2)nc(COCC)n1. The molecule has 108 valence electrons. The molecule has 1 N–H and O–H groups in total. The normalized spacial score (nSPS) is 10.8. The third-order valence-corrected chi connectivity index (χ3v) is 2.82. The van der Waals surface area contributed by atoms with Crippen LogP contribution in [0.4, 0.5) is 5.82 Å². The summed E-state index contributed by atoms with van der Waals surface area (Å²) in [5, 5.41) is 7.50. The van der Waals surface area contributed by atoms with E-state index in [-0.39, 0.29) is 0 Å². The summed E-state index contributed by atoms with van der Waals surface area (Å²) in [6.07, 6.45) is 3.81. The van der Waals surface area contributed by atoms with Crippen LogP contribution < -0.4 is 5.32 Å². The Kier molecular flexibility index (Phi) is 5.06. The average molecular weight is 275 g/mol. The first-order valence-corrected chi connectivity index (χ1v) is 6.99. The van der Waals surface area contributed by atoms with Gasteiger partial charge >= 0.3 is 0 Å². The molecule has 0 radical (unpaired) electrons. The molecule has 0 spiro atoms. The number of aryl methyl sites for hydroxylation is 1. The maximum Gasteiger partial charge on any atom is 0.157 e. The van der Waals surface area contributed by atoms with Gasteiger partial charge in [-0.3, -0.25) is 4.68 Å².